The molecule has 0 fully saturated rings. The second-order valence-corrected chi connectivity index (χ2v) is 5.08. The highest BCUT2D eigenvalue weighted by molar-refractivity contribution is 5.94. The largest absolute Gasteiger partial charge is 0.388 e. The predicted octanol–water partition coefficient (Wildman–Crippen LogP) is 3.10. The molecule has 1 aliphatic rings. The summed E-state index contributed by atoms with van der Waals surface area (Å²) in [6, 6.07) is 4.03. The molecule has 1 heterocycles. The molecule has 2 rings (SSSR count). The van der Waals surface area contributed by atoms with E-state index in [0.717, 1.165) is 48.1 Å². The number of benzene rings is 1. The van der Waals surface area contributed by atoms with Crippen molar-refractivity contribution in [3.8, 4) is 0 Å². The minimum atomic E-state index is -0.383. The van der Waals surface area contributed by atoms with Crippen LogP contribution >= 0.6 is 0 Å². The molecule has 2 N–H and O–H groups in total. The molecule has 1 aliphatic heterocycles. The van der Waals surface area contributed by atoms with E-state index in [2.05, 4.69) is 12.2 Å². The zero-order chi connectivity index (χ0) is 13.1. The highest BCUT2D eigenvalue weighted by atomic mass is 16.3. The Morgan fingerprint density at radius 1 is 1.39 bits per heavy atom. The van der Waals surface area contributed by atoms with E-state index in [9.17, 15) is 9.90 Å². The third kappa shape index (κ3) is 2.72. The molecule has 0 saturated carbocycles. The van der Waals surface area contributed by atoms with E-state index in [0.29, 0.717) is 6.42 Å². The molecule has 3 nitrogen and oxygen atoms in total. The minimum Gasteiger partial charge on any atom is -0.388 e. The average molecular weight is 247 g/mol. The molecule has 0 spiro atoms. The van der Waals surface area contributed by atoms with Crippen LogP contribution in [0.15, 0.2) is 12.1 Å². The van der Waals surface area contributed by atoms with Crippen LogP contribution in [0.4, 0.5) is 5.69 Å². The van der Waals surface area contributed by atoms with Gasteiger partial charge in [0.15, 0.2) is 0 Å². The van der Waals surface area contributed by atoms with Crippen molar-refractivity contribution in [2.45, 2.75) is 52.1 Å². The average Bonchev–Trinajstić information content (AvgIpc) is 2.36. The molecule has 98 valence electrons. The third-order valence-electron chi connectivity index (χ3n) is 3.54. The number of rotatable bonds is 4. The van der Waals surface area contributed by atoms with Gasteiger partial charge in [-0.1, -0.05) is 31.9 Å². The quantitative estimate of drug-likeness (QED) is 0.859. The Hall–Kier alpha value is -1.35. The van der Waals surface area contributed by atoms with Crippen LogP contribution in [-0.2, 0) is 11.2 Å². The molecule has 0 aliphatic carbocycles. The number of fused-ring (bicyclic) bond motifs is 1. The van der Waals surface area contributed by atoms with E-state index in [-0.39, 0.29) is 12.0 Å². The van der Waals surface area contributed by atoms with Crippen molar-refractivity contribution in [1.29, 1.82) is 0 Å². The summed E-state index contributed by atoms with van der Waals surface area (Å²) in [4.78, 5) is 11.4. The lowest BCUT2D eigenvalue weighted by atomic mass is 9.93. The Morgan fingerprint density at radius 3 is 2.89 bits per heavy atom. The number of aliphatic hydroxyl groups excluding tert-OH is 1. The van der Waals surface area contributed by atoms with Crippen LogP contribution in [0, 0.1) is 6.92 Å². The topological polar surface area (TPSA) is 49.3 Å². The molecule has 18 heavy (non-hydrogen) atoms. The first kappa shape index (κ1) is 13.1. The van der Waals surface area contributed by atoms with Gasteiger partial charge in [0, 0.05) is 12.1 Å². The van der Waals surface area contributed by atoms with E-state index in [4.69, 9.17) is 0 Å². The first-order valence-electron chi connectivity index (χ1n) is 6.73. The smallest absolute Gasteiger partial charge is 0.224 e. The summed E-state index contributed by atoms with van der Waals surface area (Å²) in [5.41, 5.74) is 4.12. The molecule has 0 bridgehead atoms. The van der Waals surface area contributed by atoms with Crippen molar-refractivity contribution in [2.24, 2.45) is 0 Å². The lowest BCUT2D eigenvalue weighted by molar-refractivity contribution is -0.116. The molecule has 1 aromatic rings. The Balaban J connectivity index is 2.24. The number of hydrogen-bond acceptors (Lipinski definition) is 2. The molecule has 0 saturated heterocycles. The fraction of sp³-hybridized carbons (Fsp3) is 0.533. The van der Waals surface area contributed by atoms with Crippen LogP contribution < -0.4 is 5.32 Å². The van der Waals surface area contributed by atoms with Crippen molar-refractivity contribution in [3.63, 3.8) is 0 Å². The second kappa shape index (κ2) is 5.53. The maximum atomic E-state index is 11.4. The number of carbonyl (C=O) groups is 1. The predicted molar refractivity (Wildman–Crippen MR) is 72.6 cm³/mol. The highest BCUT2D eigenvalue weighted by Gasteiger charge is 2.19. The second-order valence-electron chi connectivity index (χ2n) is 5.08. The van der Waals surface area contributed by atoms with Crippen LogP contribution in [0.5, 0.6) is 0 Å². The molecular formula is C15H21NO2. The standard InChI is InChI=1S/C15H21NO2/c1-3-4-5-13(17)12-8-10(2)15-11(9-12)6-7-14(18)16-15/h8-9,13,17H,3-7H2,1-2H3,(H,16,18). The van der Waals surface area contributed by atoms with E-state index in [1.54, 1.807) is 0 Å². The van der Waals surface area contributed by atoms with Gasteiger partial charge < -0.3 is 10.4 Å². The molecule has 1 amide bonds. The first-order valence-corrected chi connectivity index (χ1v) is 6.73. The number of carbonyl (C=O) groups excluding carboxylic acids is 1. The first-order chi connectivity index (χ1) is 8.61. The number of nitrogens with one attached hydrogen (secondary N) is 1. The third-order valence-corrected chi connectivity index (χ3v) is 3.54. The summed E-state index contributed by atoms with van der Waals surface area (Å²) >= 11 is 0. The van der Waals surface area contributed by atoms with Crippen LogP contribution in [0.25, 0.3) is 0 Å². The van der Waals surface area contributed by atoms with Gasteiger partial charge in [-0.2, -0.15) is 0 Å². The normalized spacial score (nSPS) is 16.1. The Morgan fingerprint density at radius 2 is 2.17 bits per heavy atom. The molecular weight excluding hydrogens is 226 g/mol. The Bertz CT molecular complexity index is 454. The van der Waals surface area contributed by atoms with Gasteiger partial charge in [0.2, 0.25) is 5.91 Å². The summed E-state index contributed by atoms with van der Waals surface area (Å²) in [7, 11) is 0. The minimum absolute atomic E-state index is 0.0879. The van der Waals surface area contributed by atoms with Gasteiger partial charge >= 0.3 is 0 Å². The number of aryl methyl sites for hydroxylation is 2. The summed E-state index contributed by atoms with van der Waals surface area (Å²) < 4.78 is 0. The number of aliphatic hydroxyl groups is 1. The van der Waals surface area contributed by atoms with Gasteiger partial charge in [-0.25, -0.2) is 0 Å². The van der Waals surface area contributed by atoms with Crippen LogP contribution in [0.2, 0.25) is 0 Å². The van der Waals surface area contributed by atoms with E-state index >= 15 is 0 Å². The maximum absolute atomic E-state index is 11.4. The Kier molecular flexibility index (Phi) is 4.02. The van der Waals surface area contributed by atoms with Gasteiger partial charge in [0.25, 0.3) is 0 Å². The van der Waals surface area contributed by atoms with Crippen molar-refractivity contribution in [3.05, 3.63) is 28.8 Å². The number of unbranched alkanes of at least 4 members (excludes halogenated alkanes) is 1. The fourth-order valence-corrected chi connectivity index (χ4v) is 2.47. The molecule has 1 aromatic carbocycles. The lowest BCUT2D eigenvalue weighted by Gasteiger charge is -2.21. The summed E-state index contributed by atoms with van der Waals surface area (Å²) in [5, 5.41) is 13.1. The highest BCUT2D eigenvalue weighted by Crippen LogP contribution is 2.31. The van der Waals surface area contributed by atoms with Crippen molar-refractivity contribution in [1.82, 2.24) is 0 Å². The number of hydrogen-bond donors (Lipinski definition) is 2. The summed E-state index contributed by atoms with van der Waals surface area (Å²) in [6.45, 7) is 4.11. The van der Waals surface area contributed by atoms with Crippen molar-refractivity contribution in [2.75, 3.05) is 5.32 Å². The fourth-order valence-electron chi connectivity index (χ4n) is 2.47. The van der Waals surface area contributed by atoms with Gasteiger partial charge in [-0.3, -0.25) is 4.79 Å². The van der Waals surface area contributed by atoms with Gasteiger partial charge in [-0.05, 0) is 36.5 Å². The summed E-state index contributed by atoms with van der Waals surface area (Å²) in [5.74, 6) is 0.0879. The Labute approximate surface area is 108 Å². The molecule has 0 aromatic heterocycles. The zero-order valence-electron chi connectivity index (χ0n) is 11.1. The SMILES string of the molecule is CCCCC(O)c1cc(C)c2c(c1)CCC(=O)N2. The lowest BCUT2D eigenvalue weighted by Crippen LogP contribution is -2.20. The van der Waals surface area contributed by atoms with Gasteiger partial charge in [0.05, 0.1) is 6.10 Å². The molecule has 3 heteroatoms. The van der Waals surface area contributed by atoms with Crippen molar-refractivity contribution >= 4 is 11.6 Å². The van der Waals surface area contributed by atoms with E-state index in [1.807, 2.05) is 19.1 Å². The van der Waals surface area contributed by atoms with E-state index in [1.165, 1.54) is 0 Å². The molecule has 1 atom stereocenters. The monoisotopic (exact) mass is 247 g/mol. The molecule has 1 unspecified atom stereocenters. The van der Waals surface area contributed by atoms with Crippen LogP contribution in [0.3, 0.4) is 0 Å². The van der Waals surface area contributed by atoms with E-state index < -0.39 is 0 Å². The zero-order valence-corrected chi connectivity index (χ0v) is 11.1. The molecule has 0 radical (unpaired) electrons. The van der Waals surface area contributed by atoms with Crippen molar-refractivity contribution < 1.29 is 9.90 Å². The van der Waals surface area contributed by atoms with Gasteiger partial charge in [0.1, 0.15) is 0 Å². The maximum Gasteiger partial charge on any atom is 0.224 e. The van der Waals surface area contributed by atoms with Gasteiger partial charge in [-0.15, -0.1) is 0 Å². The van der Waals surface area contributed by atoms with Crippen LogP contribution in [-0.4, -0.2) is 11.0 Å². The number of amides is 1. The number of anilines is 1. The van der Waals surface area contributed by atoms with Crippen LogP contribution in [0.1, 0.15) is 55.4 Å². The summed E-state index contributed by atoms with van der Waals surface area (Å²) in [6.07, 6.45) is 3.87.